The maximum Gasteiger partial charge on any atom is 0.191 e. The van der Waals surface area contributed by atoms with Gasteiger partial charge in [0.1, 0.15) is 0 Å². The molecule has 5 nitrogen and oxygen atoms in total. The maximum atomic E-state index is 4.40. The molecule has 1 saturated heterocycles. The minimum atomic E-state index is 0. The molecule has 0 saturated carbocycles. The second-order valence-electron chi connectivity index (χ2n) is 6.89. The van der Waals surface area contributed by atoms with Gasteiger partial charge < -0.3 is 15.5 Å². The molecule has 7 heteroatoms. The first-order valence-corrected chi connectivity index (χ1v) is 11.1. The smallest absolute Gasteiger partial charge is 0.191 e. The van der Waals surface area contributed by atoms with Crippen molar-refractivity contribution in [3.8, 4) is 0 Å². The molecule has 27 heavy (non-hydrogen) atoms. The zero-order valence-electron chi connectivity index (χ0n) is 17.2. The summed E-state index contributed by atoms with van der Waals surface area (Å²) in [5.41, 5.74) is 0. The molecule has 1 aromatic heterocycles. The molecule has 0 amide bonds. The summed E-state index contributed by atoms with van der Waals surface area (Å²) in [6.45, 7) is 12.3. The molecule has 1 fully saturated rings. The van der Waals surface area contributed by atoms with Crippen LogP contribution in [0, 0.1) is 0 Å². The van der Waals surface area contributed by atoms with E-state index < -0.39 is 0 Å². The van der Waals surface area contributed by atoms with E-state index in [9.17, 15) is 0 Å². The summed E-state index contributed by atoms with van der Waals surface area (Å²) in [6.07, 6.45) is 5.05. The Balaban J connectivity index is 0.00000364. The minimum absolute atomic E-state index is 0. The van der Waals surface area contributed by atoms with E-state index in [1.54, 1.807) is 0 Å². The van der Waals surface area contributed by atoms with Crippen molar-refractivity contribution in [2.45, 2.75) is 45.6 Å². The lowest BCUT2D eigenvalue weighted by Gasteiger charge is -2.27. The van der Waals surface area contributed by atoms with Gasteiger partial charge in [0.15, 0.2) is 5.96 Å². The molecule has 1 atom stereocenters. The Bertz CT molecular complexity index is 498. The first kappa shape index (κ1) is 24.7. The Hall–Kier alpha value is -0.380. The normalized spacial score (nSPS) is 16.4. The molecule has 2 rings (SSSR count). The molecule has 1 aliphatic heterocycles. The number of unbranched alkanes of at least 4 members (excludes halogenated alkanes) is 1. The third kappa shape index (κ3) is 8.66. The van der Waals surface area contributed by atoms with E-state index in [1.165, 1.54) is 50.2 Å². The molecule has 0 radical (unpaired) electrons. The summed E-state index contributed by atoms with van der Waals surface area (Å²) in [6, 6.07) is 4.88. The number of hydrogen-bond donors (Lipinski definition) is 2. The number of nitrogens with one attached hydrogen (secondary N) is 2. The molecular formula is C20H38IN5S. The highest BCUT2D eigenvalue weighted by Crippen LogP contribution is 2.27. The molecule has 0 spiro atoms. The van der Waals surface area contributed by atoms with Gasteiger partial charge in [-0.15, -0.1) is 35.3 Å². The molecule has 1 aromatic rings. The quantitative estimate of drug-likeness (QED) is 0.207. The summed E-state index contributed by atoms with van der Waals surface area (Å²) in [5, 5.41) is 9.21. The van der Waals surface area contributed by atoms with Crippen LogP contribution in [0.3, 0.4) is 0 Å². The molecule has 2 heterocycles. The lowest BCUT2D eigenvalue weighted by atomic mass is 10.2. The van der Waals surface area contributed by atoms with Crippen molar-refractivity contribution in [2.24, 2.45) is 4.99 Å². The van der Waals surface area contributed by atoms with E-state index in [2.05, 4.69) is 56.8 Å². The summed E-state index contributed by atoms with van der Waals surface area (Å²) < 4.78 is 0. The SMILES string of the molecule is CCN(CC)CCCCNC(=NC)NCC(c1cccs1)N1CCCC1.I. The highest BCUT2D eigenvalue weighted by atomic mass is 127. The molecule has 0 aromatic carbocycles. The second-order valence-corrected chi connectivity index (χ2v) is 7.87. The summed E-state index contributed by atoms with van der Waals surface area (Å²) in [5.74, 6) is 0.925. The van der Waals surface area contributed by atoms with Crippen LogP contribution in [0.25, 0.3) is 0 Å². The first-order valence-electron chi connectivity index (χ1n) is 10.2. The fourth-order valence-electron chi connectivity index (χ4n) is 3.56. The number of hydrogen-bond acceptors (Lipinski definition) is 4. The maximum absolute atomic E-state index is 4.40. The van der Waals surface area contributed by atoms with E-state index >= 15 is 0 Å². The van der Waals surface area contributed by atoms with Crippen LogP contribution in [0.4, 0.5) is 0 Å². The van der Waals surface area contributed by atoms with Crippen LogP contribution in [0.5, 0.6) is 0 Å². The van der Waals surface area contributed by atoms with E-state index in [-0.39, 0.29) is 24.0 Å². The van der Waals surface area contributed by atoms with Gasteiger partial charge in [0, 0.05) is 25.0 Å². The van der Waals surface area contributed by atoms with Gasteiger partial charge in [0.05, 0.1) is 6.04 Å². The van der Waals surface area contributed by atoms with Crippen molar-refractivity contribution < 1.29 is 0 Å². The topological polar surface area (TPSA) is 42.9 Å². The van der Waals surface area contributed by atoms with Gasteiger partial charge in [0.25, 0.3) is 0 Å². The lowest BCUT2D eigenvalue weighted by Crippen LogP contribution is -2.42. The van der Waals surface area contributed by atoms with Crippen molar-refractivity contribution in [2.75, 3.05) is 52.9 Å². The van der Waals surface area contributed by atoms with Gasteiger partial charge in [-0.05, 0) is 69.9 Å². The molecule has 0 aliphatic carbocycles. The van der Waals surface area contributed by atoms with Crippen LogP contribution >= 0.6 is 35.3 Å². The number of likely N-dealkylation sites (tertiary alicyclic amines) is 1. The van der Waals surface area contributed by atoms with Gasteiger partial charge in [-0.25, -0.2) is 0 Å². The average molecular weight is 508 g/mol. The monoisotopic (exact) mass is 507 g/mol. The summed E-state index contributed by atoms with van der Waals surface area (Å²) >= 11 is 1.86. The van der Waals surface area contributed by atoms with E-state index in [4.69, 9.17) is 0 Å². The number of rotatable bonds is 11. The second kappa shape index (κ2) is 14.6. The zero-order valence-corrected chi connectivity index (χ0v) is 20.4. The largest absolute Gasteiger partial charge is 0.356 e. The van der Waals surface area contributed by atoms with Crippen molar-refractivity contribution >= 4 is 41.3 Å². The number of guanidine groups is 1. The van der Waals surface area contributed by atoms with E-state index in [1.807, 2.05) is 18.4 Å². The Labute approximate surface area is 187 Å². The number of aliphatic imine (C=N–C) groups is 1. The fourth-order valence-corrected chi connectivity index (χ4v) is 4.43. The van der Waals surface area contributed by atoms with Crippen LogP contribution in [-0.2, 0) is 0 Å². The number of nitrogens with zero attached hydrogens (tertiary/aromatic N) is 3. The number of thiophene rings is 1. The van der Waals surface area contributed by atoms with Crippen LogP contribution in [0.15, 0.2) is 22.5 Å². The van der Waals surface area contributed by atoms with E-state index in [0.29, 0.717) is 6.04 Å². The molecular weight excluding hydrogens is 469 g/mol. The van der Waals surface area contributed by atoms with Crippen LogP contribution in [0.2, 0.25) is 0 Å². The Kier molecular flexibility index (Phi) is 13.3. The van der Waals surface area contributed by atoms with Gasteiger partial charge in [0.2, 0.25) is 0 Å². The Morgan fingerprint density at radius 3 is 2.56 bits per heavy atom. The third-order valence-corrected chi connectivity index (χ3v) is 6.20. The zero-order chi connectivity index (χ0) is 18.6. The summed E-state index contributed by atoms with van der Waals surface area (Å²) in [4.78, 5) is 10.9. The van der Waals surface area contributed by atoms with Gasteiger partial charge >= 0.3 is 0 Å². The molecule has 1 aliphatic rings. The highest BCUT2D eigenvalue weighted by Gasteiger charge is 2.24. The predicted molar refractivity (Wildman–Crippen MR) is 130 cm³/mol. The van der Waals surface area contributed by atoms with Crippen molar-refractivity contribution in [3.05, 3.63) is 22.4 Å². The third-order valence-electron chi connectivity index (χ3n) is 5.23. The van der Waals surface area contributed by atoms with Crippen molar-refractivity contribution in [1.29, 1.82) is 0 Å². The van der Waals surface area contributed by atoms with Crippen molar-refractivity contribution in [3.63, 3.8) is 0 Å². The standard InChI is InChI=1S/C20H37N5S.HI/c1-4-24(5-2)13-7-6-12-22-20(21-3)23-17-18(19-11-10-16-26-19)25-14-8-9-15-25;/h10-11,16,18H,4-9,12-15,17H2,1-3H3,(H2,21,22,23);1H. The lowest BCUT2D eigenvalue weighted by molar-refractivity contribution is 0.249. The molecule has 1 unspecified atom stereocenters. The van der Waals surface area contributed by atoms with Gasteiger partial charge in [-0.1, -0.05) is 19.9 Å². The number of halogens is 1. The van der Waals surface area contributed by atoms with Gasteiger partial charge in [-0.2, -0.15) is 0 Å². The average Bonchev–Trinajstić information content (AvgIpc) is 3.37. The predicted octanol–water partition coefficient (Wildman–Crippen LogP) is 3.79. The highest BCUT2D eigenvalue weighted by molar-refractivity contribution is 14.0. The van der Waals surface area contributed by atoms with Crippen LogP contribution in [0.1, 0.15) is 50.4 Å². The summed E-state index contributed by atoms with van der Waals surface area (Å²) in [7, 11) is 1.86. The Morgan fingerprint density at radius 1 is 1.22 bits per heavy atom. The van der Waals surface area contributed by atoms with Crippen LogP contribution < -0.4 is 10.6 Å². The Morgan fingerprint density at radius 2 is 1.96 bits per heavy atom. The molecule has 2 N–H and O–H groups in total. The van der Waals surface area contributed by atoms with Crippen molar-refractivity contribution in [1.82, 2.24) is 20.4 Å². The molecule has 156 valence electrons. The van der Waals surface area contributed by atoms with Crippen LogP contribution in [-0.4, -0.2) is 68.6 Å². The van der Waals surface area contributed by atoms with Gasteiger partial charge in [-0.3, -0.25) is 9.89 Å². The van der Waals surface area contributed by atoms with E-state index in [0.717, 1.165) is 32.1 Å². The first-order chi connectivity index (χ1) is 12.8. The minimum Gasteiger partial charge on any atom is -0.356 e. The fraction of sp³-hybridized carbons (Fsp3) is 0.750. The molecule has 0 bridgehead atoms.